The molecule has 0 bridgehead atoms. The largest absolute Gasteiger partial charge is 0.491 e. The Balaban J connectivity index is 1.94. The molecule has 0 aliphatic carbocycles. The summed E-state index contributed by atoms with van der Waals surface area (Å²) in [5.41, 5.74) is 0.380. The van der Waals surface area contributed by atoms with Gasteiger partial charge in [0.25, 0.3) is 15.9 Å². The summed E-state index contributed by atoms with van der Waals surface area (Å²) in [6, 6.07) is 9.22. The lowest BCUT2D eigenvalue weighted by Crippen LogP contribution is -2.44. The van der Waals surface area contributed by atoms with Gasteiger partial charge in [-0.15, -0.1) is 0 Å². The fraction of sp³-hybridized carbons (Fsp3) is 0.435. The molecule has 0 radical (unpaired) electrons. The molecule has 0 unspecified atom stereocenters. The second kappa shape index (κ2) is 10.5. The second-order valence-corrected chi connectivity index (χ2v) is 10.0. The van der Waals surface area contributed by atoms with Crippen molar-refractivity contribution in [1.29, 1.82) is 0 Å². The number of fused-ring (bicyclic) bond motifs is 1. The van der Waals surface area contributed by atoms with Crippen LogP contribution in [0.5, 0.6) is 5.75 Å². The Morgan fingerprint density at radius 1 is 1.21 bits per heavy atom. The topological polar surface area (TPSA) is 97.0 Å². The van der Waals surface area contributed by atoms with Crippen LogP contribution in [0.4, 0.5) is 10.1 Å². The molecule has 1 aliphatic heterocycles. The highest BCUT2D eigenvalue weighted by molar-refractivity contribution is 7.92. The molecule has 0 saturated carbocycles. The van der Waals surface area contributed by atoms with Crippen LogP contribution in [-0.2, 0) is 14.8 Å². The number of halogens is 1. The number of carbonyl (C=O) groups excluding carboxylic acids is 1. The molecule has 2 aromatic rings. The molecule has 10 heteroatoms. The number of likely N-dealkylation sites (N-methyl/N-ethyl adjacent to an activating group) is 1. The molecule has 0 aromatic heterocycles. The van der Waals surface area contributed by atoms with Gasteiger partial charge in [0, 0.05) is 39.0 Å². The van der Waals surface area contributed by atoms with E-state index < -0.39 is 15.8 Å². The number of nitrogens with zero attached hydrogens (tertiary/aromatic N) is 1. The highest BCUT2D eigenvalue weighted by atomic mass is 32.2. The van der Waals surface area contributed by atoms with Gasteiger partial charge in [0.05, 0.1) is 16.6 Å². The van der Waals surface area contributed by atoms with E-state index in [0.717, 1.165) is 12.1 Å². The Labute approximate surface area is 194 Å². The summed E-state index contributed by atoms with van der Waals surface area (Å²) in [7, 11) is -0.769. The minimum atomic E-state index is -4.05. The van der Waals surface area contributed by atoms with Crippen LogP contribution in [0.3, 0.4) is 0 Å². The molecule has 0 fully saturated rings. The van der Waals surface area contributed by atoms with E-state index in [2.05, 4.69) is 10.0 Å². The molecule has 180 valence electrons. The van der Waals surface area contributed by atoms with Crippen LogP contribution < -0.4 is 14.8 Å². The van der Waals surface area contributed by atoms with Crippen LogP contribution in [0.25, 0.3) is 0 Å². The number of rotatable bonds is 4. The molecule has 1 amide bonds. The molecule has 0 spiro atoms. The SMILES string of the molecule is CO[C@H]1CN(C)C(=O)c2cc(NS(=O)(=O)c3cccc(F)c3)ccc2OC[C@@H](C)NC[C@H]1C. The van der Waals surface area contributed by atoms with Crippen molar-refractivity contribution < 1.29 is 27.1 Å². The minimum absolute atomic E-state index is 0.0243. The van der Waals surface area contributed by atoms with Gasteiger partial charge >= 0.3 is 0 Å². The first kappa shape index (κ1) is 24.9. The molecule has 3 rings (SSSR count). The predicted molar refractivity (Wildman–Crippen MR) is 124 cm³/mol. The summed E-state index contributed by atoms with van der Waals surface area (Å²) in [5, 5.41) is 3.41. The third-order valence-electron chi connectivity index (χ3n) is 5.58. The Bertz CT molecular complexity index is 1100. The number of hydrogen-bond acceptors (Lipinski definition) is 6. The Morgan fingerprint density at radius 3 is 2.67 bits per heavy atom. The predicted octanol–water partition coefficient (Wildman–Crippen LogP) is 2.72. The normalized spacial score (nSPS) is 22.5. The lowest BCUT2D eigenvalue weighted by Gasteiger charge is -2.30. The summed E-state index contributed by atoms with van der Waals surface area (Å²) in [4.78, 5) is 14.6. The lowest BCUT2D eigenvalue weighted by atomic mass is 10.0. The molecule has 2 N–H and O–H groups in total. The first-order valence-corrected chi connectivity index (χ1v) is 12.2. The number of ether oxygens (including phenoxy) is 2. The zero-order chi connectivity index (χ0) is 24.2. The van der Waals surface area contributed by atoms with Crippen LogP contribution in [-0.4, -0.2) is 65.2 Å². The molecule has 8 nitrogen and oxygen atoms in total. The number of methoxy groups -OCH3 is 1. The van der Waals surface area contributed by atoms with E-state index >= 15 is 0 Å². The maximum absolute atomic E-state index is 13.5. The summed E-state index contributed by atoms with van der Waals surface area (Å²) in [6.45, 7) is 5.41. The molecular weight excluding hydrogens is 449 g/mol. The highest BCUT2D eigenvalue weighted by Crippen LogP contribution is 2.27. The number of sulfonamides is 1. The van der Waals surface area contributed by atoms with Crippen LogP contribution >= 0.6 is 0 Å². The van der Waals surface area contributed by atoms with Crippen molar-refractivity contribution in [1.82, 2.24) is 10.2 Å². The third-order valence-corrected chi connectivity index (χ3v) is 6.96. The zero-order valence-corrected chi connectivity index (χ0v) is 20.0. The fourth-order valence-corrected chi connectivity index (χ4v) is 4.65. The Kier molecular flexibility index (Phi) is 7.93. The van der Waals surface area contributed by atoms with Crippen molar-refractivity contribution in [3.05, 3.63) is 53.8 Å². The number of amides is 1. The maximum atomic E-state index is 13.5. The summed E-state index contributed by atoms with van der Waals surface area (Å²) >= 11 is 0. The van der Waals surface area contributed by atoms with Crippen LogP contribution in [0.1, 0.15) is 24.2 Å². The molecule has 33 heavy (non-hydrogen) atoms. The summed E-state index contributed by atoms with van der Waals surface area (Å²) < 4.78 is 52.9. The number of carbonyl (C=O) groups is 1. The lowest BCUT2D eigenvalue weighted by molar-refractivity contribution is 0.0281. The van der Waals surface area contributed by atoms with E-state index in [1.54, 1.807) is 20.2 Å². The highest BCUT2D eigenvalue weighted by Gasteiger charge is 2.26. The average Bonchev–Trinajstić information content (AvgIpc) is 2.78. The first-order valence-electron chi connectivity index (χ1n) is 10.7. The van der Waals surface area contributed by atoms with Crippen molar-refractivity contribution in [3.63, 3.8) is 0 Å². The molecule has 3 atom stereocenters. The molecule has 2 aromatic carbocycles. The second-order valence-electron chi connectivity index (χ2n) is 8.33. The van der Waals surface area contributed by atoms with Gasteiger partial charge in [-0.1, -0.05) is 13.0 Å². The van der Waals surface area contributed by atoms with Gasteiger partial charge < -0.3 is 19.7 Å². The van der Waals surface area contributed by atoms with E-state index in [1.807, 2.05) is 13.8 Å². The number of anilines is 1. The van der Waals surface area contributed by atoms with Gasteiger partial charge in [-0.25, -0.2) is 12.8 Å². The van der Waals surface area contributed by atoms with Crippen LogP contribution in [0.15, 0.2) is 47.4 Å². The third kappa shape index (κ3) is 6.21. The number of benzene rings is 2. The molecule has 1 aliphatic rings. The number of hydrogen-bond donors (Lipinski definition) is 2. The van der Waals surface area contributed by atoms with Crippen molar-refractivity contribution >= 4 is 21.6 Å². The van der Waals surface area contributed by atoms with E-state index in [0.29, 0.717) is 25.4 Å². The van der Waals surface area contributed by atoms with Gasteiger partial charge in [-0.2, -0.15) is 0 Å². The Hall–Kier alpha value is -2.69. The van der Waals surface area contributed by atoms with E-state index in [4.69, 9.17) is 9.47 Å². The van der Waals surface area contributed by atoms with Crippen LogP contribution in [0.2, 0.25) is 0 Å². The fourth-order valence-electron chi connectivity index (χ4n) is 3.57. The van der Waals surface area contributed by atoms with Crippen molar-refractivity contribution in [2.45, 2.75) is 30.9 Å². The minimum Gasteiger partial charge on any atom is -0.491 e. The zero-order valence-electron chi connectivity index (χ0n) is 19.2. The van der Waals surface area contributed by atoms with Gasteiger partial charge in [0.15, 0.2) is 0 Å². The summed E-state index contributed by atoms with van der Waals surface area (Å²) in [6.07, 6.45) is -0.183. The Morgan fingerprint density at radius 2 is 1.97 bits per heavy atom. The van der Waals surface area contributed by atoms with Crippen molar-refractivity contribution in [3.8, 4) is 5.75 Å². The smallest absolute Gasteiger partial charge is 0.261 e. The van der Waals surface area contributed by atoms with Gasteiger partial charge in [0.2, 0.25) is 0 Å². The molecular formula is C23H30FN3O5S. The van der Waals surface area contributed by atoms with E-state index in [1.165, 1.54) is 29.2 Å². The number of nitrogens with one attached hydrogen (secondary N) is 2. The quantitative estimate of drug-likeness (QED) is 0.700. The molecule has 0 saturated heterocycles. The monoisotopic (exact) mass is 479 g/mol. The average molecular weight is 480 g/mol. The van der Waals surface area contributed by atoms with Crippen molar-refractivity contribution in [2.24, 2.45) is 5.92 Å². The van der Waals surface area contributed by atoms with Crippen molar-refractivity contribution in [2.75, 3.05) is 38.6 Å². The van der Waals surface area contributed by atoms with Crippen LogP contribution in [0, 0.1) is 11.7 Å². The maximum Gasteiger partial charge on any atom is 0.261 e. The standard InChI is InChI=1S/C23H30FN3O5S/c1-15-12-25-16(2)14-32-21-9-8-18(11-20(21)23(28)27(3)13-22(15)31-4)26-33(29,30)19-7-5-6-17(24)10-19/h5-11,15-16,22,25-26H,12-14H2,1-4H3/t15-,16-,22+/m1/s1. The van der Waals surface area contributed by atoms with Gasteiger partial charge in [0.1, 0.15) is 18.2 Å². The van der Waals surface area contributed by atoms with E-state index in [9.17, 15) is 17.6 Å². The van der Waals surface area contributed by atoms with E-state index in [-0.39, 0.29) is 40.1 Å². The molecule has 1 heterocycles. The van der Waals surface area contributed by atoms with Gasteiger partial charge in [-0.3, -0.25) is 9.52 Å². The first-order chi connectivity index (χ1) is 15.6. The summed E-state index contributed by atoms with van der Waals surface area (Å²) in [5.74, 6) is -0.495. The van der Waals surface area contributed by atoms with Gasteiger partial charge in [-0.05, 0) is 49.2 Å².